The van der Waals surface area contributed by atoms with Gasteiger partial charge in [0.25, 0.3) is 0 Å². The molecule has 0 N–H and O–H groups in total. The van der Waals surface area contributed by atoms with Gasteiger partial charge in [-0.05, 0) is 141 Å². The molecule has 1 aromatic heterocycles. The molecule has 64 heavy (non-hydrogen) atoms. The maximum absolute atomic E-state index is 2.32. The molecular weight excluding hydrogens is 789 g/mol. The second-order valence-electron chi connectivity index (χ2n) is 19.7. The lowest BCUT2D eigenvalue weighted by molar-refractivity contribution is 0.587. The second-order valence-corrected chi connectivity index (χ2v) is 20.6. The molecule has 0 aliphatic carbocycles. The predicted octanol–water partition coefficient (Wildman–Crippen LogP) is 19.0. The van der Waals surface area contributed by atoms with Crippen LogP contribution in [0.2, 0.25) is 0 Å². The highest BCUT2D eigenvalue weighted by molar-refractivity contribution is 7.17. The van der Waals surface area contributed by atoms with Gasteiger partial charge in [0.05, 0.1) is 0 Å². The summed E-state index contributed by atoms with van der Waals surface area (Å²) in [5.41, 5.74) is 12.8. The summed E-state index contributed by atoms with van der Waals surface area (Å²) in [4.78, 5) is 0. The molecule has 0 atom stereocenters. The lowest BCUT2D eigenvalue weighted by atomic mass is 9.83. The van der Waals surface area contributed by atoms with Gasteiger partial charge < -0.3 is 0 Å². The van der Waals surface area contributed by atoms with E-state index in [9.17, 15) is 0 Å². The normalized spacial score (nSPS) is 11.2. The fourth-order valence-corrected chi connectivity index (χ4v) is 9.23. The third-order valence-corrected chi connectivity index (χ3v) is 12.8. The highest BCUT2D eigenvalue weighted by Gasteiger charge is 2.17. The molecule has 1 heterocycles. The summed E-state index contributed by atoms with van der Waals surface area (Å²) in [6, 6.07) is 61.1. The number of thiophene rings is 1. The largest absolute Gasteiger partial charge is 0.144 e. The Morgan fingerprint density at radius 1 is 0.297 bits per heavy atom. The van der Waals surface area contributed by atoms with Crippen molar-refractivity contribution in [2.45, 2.75) is 101 Å². The van der Waals surface area contributed by atoms with Crippen molar-refractivity contribution < 1.29 is 0 Å². The molecule has 0 aliphatic heterocycles. The van der Waals surface area contributed by atoms with Crippen LogP contribution >= 0.6 is 11.3 Å². The Bertz CT molecular complexity index is 3060. The highest BCUT2D eigenvalue weighted by atomic mass is 32.1. The van der Waals surface area contributed by atoms with Crippen LogP contribution < -0.4 is 0 Å². The minimum absolute atomic E-state index is 0.214. The molecule has 0 bridgehead atoms. The smallest absolute Gasteiger partial charge is 0.0371 e. The van der Waals surface area contributed by atoms with Gasteiger partial charge in [0.2, 0.25) is 0 Å². The Hall–Kier alpha value is -6.02. The molecule has 326 valence electrons. The maximum Gasteiger partial charge on any atom is 0.0371 e. The summed E-state index contributed by atoms with van der Waals surface area (Å²) in [6.45, 7) is 28.6. The zero-order valence-corrected chi connectivity index (χ0v) is 41.5. The van der Waals surface area contributed by atoms with Crippen molar-refractivity contribution >= 4 is 64.5 Å². The van der Waals surface area contributed by atoms with Gasteiger partial charge in [0.1, 0.15) is 0 Å². The quantitative estimate of drug-likeness (QED) is 0.143. The first-order valence-corrected chi connectivity index (χ1v) is 23.6. The van der Waals surface area contributed by atoms with Crippen molar-refractivity contribution in [3.63, 3.8) is 0 Å². The number of hydrogen-bond acceptors (Lipinski definition) is 1. The molecule has 0 nitrogen and oxygen atoms in total. The third kappa shape index (κ3) is 12.6. The third-order valence-electron chi connectivity index (χ3n) is 11.7. The van der Waals surface area contributed by atoms with E-state index in [1.54, 1.807) is 0 Å². The second kappa shape index (κ2) is 20.7. The average Bonchev–Trinajstić information content (AvgIpc) is 3.74. The Labute approximate surface area is 388 Å². The molecule has 1 heteroatoms. The SMILES string of the molecule is Cc1cc(C(C)(C)C)c2ccccc2c1.Cc1cc2ccccc2cc1C(C)(C)C.Cc1ccc2cc(C)ccc2c1.Cc1ccc2ccc(C)cc2c1.Cc1cccc2ccsc12. The van der Waals surface area contributed by atoms with Gasteiger partial charge in [0, 0.05) is 4.70 Å². The van der Waals surface area contributed by atoms with Crippen LogP contribution in [-0.2, 0) is 10.8 Å². The summed E-state index contributed by atoms with van der Waals surface area (Å²) in [6.07, 6.45) is 0. The maximum atomic E-state index is 2.32. The lowest BCUT2D eigenvalue weighted by Gasteiger charge is -2.22. The first kappa shape index (κ1) is 47.5. The summed E-state index contributed by atoms with van der Waals surface area (Å²) in [5, 5.41) is 14.2. The van der Waals surface area contributed by atoms with Crippen molar-refractivity contribution in [1.29, 1.82) is 0 Å². The van der Waals surface area contributed by atoms with Gasteiger partial charge in [0.15, 0.2) is 0 Å². The van der Waals surface area contributed by atoms with Crippen LogP contribution in [0.25, 0.3) is 53.2 Å². The topological polar surface area (TPSA) is 0 Å². The zero-order chi connectivity index (χ0) is 46.2. The minimum atomic E-state index is 0.214. The van der Waals surface area contributed by atoms with Gasteiger partial charge in [-0.1, -0.05) is 233 Å². The monoisotopic (exact) mass is 857 g/mol. The fourth-order valence-electron chi connectivity index (χ4n) is 8.36. The molecule has 0 radical (unpaired) electrons. The van der Waals surface area contributed by atoms with Crippen molar-refractivity contribution in [2.75, 3.05) is 0 Å². The number of aryl methyl sites for hydroxylation is 7. The predicted molar refractivity (Wildman–Crippen MR) is 288 cm³/mol. The summed E-state index contributed by atoms with van der Waals surface area (Å²) in [7, 11) is 0. The van der Waals surface area contributed by atoms with E-state index in [0.29, 0.717) is 0 Å². The van der Waals surface area contributed by atoms with E-state index >= 15 is 0 Å². The fraction of sp³-hybridized carbons (Fsp3) is 0.238. The van der Waals surface area contributed by atoms with E-state index in [1.165, 1.54) is 103 Å². The first-order valence-electron chi connectivity index (χ1n) is 22.7. The van der Waals surface area contributed by atoms with Crippen LogP contribution in [0.5, 0.6) is 0 Å². The Balaban J connectivity index is 0.000000134. The Kier molecular flexibility index (Phi) is 15.3. The standard InChI is InChI=1S/2C15H18.2C12H12.C9H8S/c1-11-9-12-7-5-6-8-13(12)10-14(11)15(2,3)4;1-11-9-12-7-5-6-8-13(12)14(10-11)15(2,3)4;1-9-3-5-12-8-10(2)4-6-11(12)7-9;1-9-3-5-11-6-4-10(2)8-12(11)7-9;1-7-3-2-4-8-5-6-10-9(7)8/h2*5-10H,1-4H3;2*3-8H,1-2H3;2-6H,1H3. The van der Waals surface area contributed by atoms with E-state index in [-0.39, 0.29) is 10.8 Å². The molecular formula is C63H68S. The zero-order valence-electron chi connectivity index (χ0n) is 40.7. The molecule has 10 aromatic rings. The van der Waals surface area contributed by atoms with Crippen LogP contribution in [0.1, 0.15) is 91.6 Å². The van der Waals surface area contributed by atoms with E-state index < -0.39 is 0 Å². The van der Waals surface area contributed by atoms with Crippen LogP contribution in [0, 0.1) is 48.5 Å². The van der Waals surface area contributed by atoms with Gasteiger partial charge in [-0.15, -0.1) is 11.3 Å². The molecule has 0 unspecified atom stereocenters. The minimum Gasteiger partial charge on any atom is -0.144 e. The number of rotatable bonds is 0. The van der Waals surface area contributed by atoms with E-state index in [4.69, 9.17) is 0 Å². The molecule has 0 saturated carbocycles. The van der Waals surface area contributed by atoms with Gasteiger partial charge >= 0.3 is 0 Å². The molecule has 10 rings (SSSR count). The summed E-state index contributed by atoms with van der Waals surface area (Å²) in [5.74, 6) is 0. The Morgan fingerprint density at radius 2 is 0.734 bits per heavy atom. The van der Waals surface area contributed by atoms with Gasteiger partial charge in [-0.2, -0.15) is 0 Å². The number of benzene rings is 9. The first-order chi connectivity index (χ1) is 30.3. The van der Waals surface area contributed by atoms with E-state index in [1.807, 2.05) is 11.3 Å². The molecule has 0 aliphatic rings. The highest BCUT2D eigenvalue weighted by Crippen LogP contribution is 2.32. The van der Waals surface area contributed by atoms with Gasteiger partial charge in [-0.25, -0.2) is 0 Å². The molecule has 0 spiro atoms. The van der Waals surface area contributed by atoms with Gasteiger partial charge in [-0.3, -0.25) is 0 Å². The van der Waals surface area contributed by atoms with Crippen molar-refractivity contribution in [1.82, 2.24) is 0 Å². The molecule has 0 amide bonds. The molecule has 0 saturated heterocycles. The number of fused-ring (bicyclic) bond motifs is 5. The van der Waals surface area contributed by atoms with Crippen molar-refractivity contribution in [2.24, 2.45) is 0 Å². The Morgan fingerprint density at radius 3 is 1.27 bits per heavy atom. The summed E-state index contributed by atoms with van der Waals surface area (Å²) >= 11 is 1.81. The number of hydrogen-bond donors (Lipinski definition) is 0. The van der Waals surface area contributed by atoms with Crippen LogP contribution in [-0.4, -0.2) is 0 Å². The van der Waals surface area contributed by atoms with Crippen LogP contribution in [0.4, 0.5) is 0 Å². The lowest BCUT2D eigenvalue weighted by Crippen LogP contribution is -2.12. The van der Waals surface area contributed by atoms with Crippen molar-refractivity contribution in [3.8, 4) is 0 Å². The summed E-state index contributed by atoms with van der Waals surface area (Å²) < 4.78 is 1.42. The molecule has 9 aromatic carbocycles. The van der Waals surface area contributed by atoms with E-state index in [0.717, 1.165) is 0 Å². The van der Waals surface area contributed by atoms with Crippen LogP contribution in [0.3, 0.4) is 0 Å². The van der Waals surface area contributed by atoms with Crippen LogP contribution in [0.15, 0.2) is 175 Å². The van der Waals surface area contributed by atoms with Crippen molar-refractivity contribution in [3.05, 3.63) is 225 Å². The average molecular weight is 857 g/mol. The van der Waals surface area contributed by atoms with E-state index in [2.05, 4.69) is 265 Å². The molecule has 0 fully saturated rings.